The van der Waals surface area contributed by atoms with Crippen molar-refractivity contribution in [2.45, 2.75) is 13.8 Å². The first-order valence-electron chi connectivity index (χ1n) is 3.71. The summed E-state index contributed by atoms with van der Waals surface area (Å²) >= 11 is 0. The number of carbonyl (C=O) groups excluding carboxylic acids is 1. The highest BCUT2D eigenvalue weighted by molar-refractivity contribution is 5.79. The first kappa shape index (κ1) is 10.5. The number of phenols is 2. The minimum absolute atomic E-state index is 0.0279. The highest BCUT2D eigenvalue weighted by Gasteiger charge is 1.98. The molecule has 0 aliphatic carbocycles. The fourth-order valence-electron chi connectivity index (χ4n) is 0.636. The molecule has 1 aromatic rings. The maximum absolute atomic E-state index is 10.1. The molecule has 0 saturated carbocycles. The molecule has 0 aromatic heterocycles. The molecule has 12 heavy (non-hydrogen) atoms. The summed E-state index contributed by atoms with van der Waals surface area (Å²) in [6, 6.07) is 3.77. The molecule has 1 aromatic carbocycles. The zero-order valence-corrected chi connectivity index (χ0v) is 7.11. The quantitative estimate of drug-likeness (QED) is 0.497. The molecule has 3 nitrogen and oxygen atoms in total. The van der Waals surface area contributed by atoms with Gasteiger partial charge < -0.3 is 10.2 Å². The summed E-state index contributed by atoms with van der Waals surface area (Å²) < 4.78 is 0. The molecular weight excluding hydrogens is 156 g/mol. The van der Waals surface area contributed by atoms with Crippen molar-refractivity contribution in [3.8, 4) is 11.5 Å². The fraction of sp³-hybridized carbons (Fsp3) is 0.222. The van der Waals surface area contributed by atoms with E-state index in [9.17, 15) is 4.79 Å². The second-order valence-corrected chi connectivity index (χ2v) is 1.86. The van der Waals surface area contributed by atoms with Crippen molar-refractivity contribution < 1.29 is 15.0 Å². The number of hydrogen-bond donors (Lipinski definition) is 2. The summed E-state index contributed by atoms with van der Waals surface area (Å²) in [5.41, 5.74) is 0.0972. The Labute approximate surface area is 71.3 Å². The summed E-state index contributed by atoms with van der Waals surface area (Å²) in [4.78, 5) is 10.1. The second-order valence-electron chi connectivity index (χ2n) is 1.86. The Morgan fingerprint density at radius 1 is 1.25 bits per heavy atom. The molecular formula is C9H12O3. The lowest BCUT2D eigenvalue weighted by molar-refractivity contribution is 0.112. The summed E-state index contributed by atoms with van der Waals surface area (Å²) in [5.74, 6) is -0.146. The van der Waals surface area contributed by atoms with Gasteiger partial charge in [0.15, 0.2) is 6.29 Å². The first-order chi connectivity index (χ1) is 5.74. The average molecular weight is 168 g/mol. The van der Waals surface area contributed by atoms with Gasteiger partial charge in [0, 0.05) is 0 Å². The van der Waals surface area contributed by atoms with E-state index >= 15 is 0 Å². The zero-order chi connectivity index (χ0) is 9.56. The van der Waals surface area contributed by atoms with Crippen LogP contribution in [-0.4, -0.2) is 16.5 Å². The van der Waals surface area contributed by atoms with E-state index in [1.807, 2.05) is 13.8 Å². The molecule has 0 fully saturated rings. The fourth-order valence-corrected chi connectivity index (χ4v) is 0.636. The van der Waals surface area contributed by atoms with Crippen molar-refractivity contribution in [3.63, 3.8) is 0 Å². The van der Waals surface area contributed by atoms with Crippen LogP contribution in [0.4, 0.5) is 0 Å². The summed E-state index contributed by atoms with van der Waals surface area (Å²) in [6.45, 7) is 4.00. The normalized spacial score (nSPS) is 8.17. The van der Waals surface area contributed by atoms with E-state index < -0.39 is 0 Å². The topological polar surface area (TPSA) is 57.5 Å². The second kappa shape index (κ2) is 5.18. The van der Waals surface area contributed by atoms with E-state index in [4.69, 9.17) is 10.2 Å². The third-order valence-corrected chi connectivity index (χ3v) is 1.14. The van der Waals surface area contributed by atoms with Crippen LogP contribution >= 0.6 is 0 Å². The van der Waals surface area contributed by atoms with Crippen molar-refractivity contribution in [2.75, 3.05) is 0 Å². The van der Waals surface area contributed by atoms with Crippen LogP contribution in [0.1, 0.15) is 24.2 Å². The summed E-state index contributed by atoms with van der Waals surface area (Å²) in [7, 11) is 0. The van der Waals surface area contributed by atoms with Crippen LogP contribution in [-0.2, 0) is 0 Å². The Morgan fingerprint density at radius 3 is 2.25 bits per heavy atom. The predicted molar refractivity (Wildman–Crippen MR) is 46.5 cm³/mol. The van der Waals surface area contributed by atoms with Crippen LogP contribution < -0.4 is 0 Å². The molecule has 0 radical (unpaired) electrons. The highest BCUT2D eigenvalue weighted by Crippen LogP contribution is 2.19. The zero-order valence-electron chi connectivity index (χ0n) is 7.11. The van der Waals surface area contributed by atoms with Crippen LogP contribution in [0.3, 0.4) is 0 Å². The number of hydrogen-bond acceptors (Lipinski definition) is 3. The van der Waals surface area contributed by atoms with E-state index in [0.717, 1.165) is 0 Å². The van der Waals surface area contributed by atoms with E-state index in [1.165, 1.54) is 18.2 Å². The van der Waals surface area contributed by atoms with Gasteiger partial charge in [-0.05, 0) is 18.2 Å². The van der Waals surface area contributed by atoms with Gasteiger partial charge in [0.25, 0.3) is 0 Å². The number of aromatic hydroxyl groups is 2. The molecule has 0 atom stereocenters. The first-order valence-corrected chi connectivity index (χ1v) is 3.71. The molecule has 1 rings (SSSR count). The number of benzene rings is 1. The Hall–Kier alpha value is -1.51. The smallest absolute Gasteiger partial charge is 0.153 e. The molecule has 0 aliphatic rings. The Bertz CT molecular complexity index is 256. The van der Waals surface area contributed by atoms with E-state index in [1.54, 1.807) is 0 Å². The van der Waals surface area contributed by atoms with Gasteiger partial charge in [-0.1, -0.05) is 13.8 Å². The largest absolute Gasteiger partial charge is 0.508 e. The molecule has 0 bridgehead atoms. The van der Waals surface area contributed by atoms with Crippen LogP contribution in [0.2, 0.25) is 0 Å². The Kier molecular flexibility index (Phi) is 4.53. The maximum atomic E-state index is 10.1. The lowest BCUT2D eigenvalue weighted by atomic mass is 10.2. The number of phenolic OH excluding ortho intramolecular Hbond substituents is 2. The van der Waals surface area contributed by atoms with Gasteiger partial charge in [0.1, 0.15) is 11.5 Å². The number of rotatable bonds is 1. The molecule has 0 spiro atoms. The van der Waals surface area contributed by atoms with Gasteiger partial charge in [-0.25, -0.2) is 0 Å². The number of aldehydes is 1. The number of carbonyl (C=O) groups is 1. The van der Waals surface area contributed by atoms with E-state index in [-0.39, 0.29) is 17.1 Å². The van der Waals surface area contributed by atoms with Crippen LogP contribution in [0, 0.1) is 0 Å². The molecule has 0 heterocycles. The minimum atomic E-state index is -0.118. The molecule has 0 saturated heterocycles. The van der Waals surface area contributed by atoms with Gasteiger partial charge >= 0.3 is 0 Å². The van der Waals surface area contributed by atoms with Gasteiger partial charge in [-0.15, -0.1) is 0 Å². The van der Waals surface area contributed by atoms with Crippen molar-refractivity contribution in [1.82, 2.24) is 0 Å². The molecule has 0 amide bonds. The van der Waals surface area contributed by atoms with E-state index in [2.05, 4.69) is 0 Å². The Morgan fingerprint density at radius 2 is 1.83 bits per heavy atom. The van der Waals surface area contributed by atoms with Gasteiger partial charge in [-0.2, -0.15) is 0 Å². The third kappa shape index (κ3) is 2.62. The third-order valence-electron chi connectivity index (χ3n) is 1.14. The van der Waals surface area contributed by atoms with Crippen molar-refractivity contribution >= 4 is 6.29 Å². The average Bonchev–Trinajstić information content (AvgIpc) is 2.13. The standard InChI is InChI=1S/C7H6O3.C2H6/c8-4-5-3-6(9)1-2-7(5)10;1-2/h1-4,9-10H;1-2H3. The van der Waals surface area contributed by atoms with Crippen LogP contribution in [0.25, 0.3) is 0 Å². The maximum Gasteiger partial charge on any atom is 0.153 e. The molecule has 66 valence electrons. The Balaban J connectivity index is 0.000000561. The van der Waals surface area contributed by atoms with Gasteiger partial charge in [-0.3, -0.25) is 4.79 Å². The lowest BCUT2D eigenvalue weighted by Gasteiger charge is -1.95. The monoisotopic (exact) mass is 168 g/mol. The van der Waals surface area contributed by atoms with E-state index in [0.29, 0.717) is 6.29 Å². The minimum Gasteiger partial charge on any atom is -0.508 e. The summed E-state index contributed by atoms with van der Waals surface area (Å²) in [6.07, 6.45) is 0.481. The van der Waals surface area contributed by atoms with Crippen molar-refractivity contribution in [3.05, 3.63) is 23.8 Å². The molecule has 0 unspecified atom stereocenters. The van der Waals surface area contributed by atoms with Crippen molar-refractivity contribution in [2.24, 2.45) is 0 Å². The SMILES string of the molecule is CC.O=Cc1cc(O)ccc1O. The van der Waals surface area contributed by atoms with Crippen LogP contribution in [0.5, 0.6) is 11.5 Å². The summed E-state index contributed by atoms with van der Waals surface area (Å²) in [5, 5.41) is 17.7. The van der Waals surface area contributed by atoms with Gasteiger partial charge in [0.2, 0.25) is 0 Å². The van der Waals surface area contributed by atoms with Gasteiger partial charge in [0.05, 0.1) is 5.56 Å². The lowest BCUT2D eigenvalue weighted by Crippen LogP contribution is -1.78. The molecule has 2 N–H and O–H groups in total. The van der Waals surface area contributed by atoms with Crippen molar-refractivity contribution in [1.29, 1.82) is 0 Å². The highest BCUT2D eigenvalue weighted by atomic mass is 16.3. The molecule has 0 aliphatic heterocycles. The van der Waals surface area contributed by atoms with Crippen LogP contribution in [0.15, 0.2) is 18.2 Å². The predicted octanol–water partition coefficient (Wildman–Crippen LogP) is 1.94. The molecule has 3 heteroatoms.